The van der Waals surface area contributed by atoms with Gasteiger partial charge in [0, 0.05) is 17.7 Å². The molecular formula is C13H19N3O2. The minimum atomic E-state index is -0.468. The molecule has 2 amide bonds. The lowest BCUT2D eigenvalue weighted by Gasteiger charge is -2.09. The van der Waals surface area contributed by atoms with Gasteiger partial charge in [-0.05, 0) is 50.7 Å². The van der Waals surface area contributed by atoms with Gasteiger partial charge in [-0.2, -0.15) is 0 Å². The largest absolute Gasteiger partial charge is 0.366 e. The summed E-state index contributed by atoms with van der Waals surface area (Å²) in [5.74, 6) is -0.495. The van der Waals surface area contributed by atoms with Gasteiger partial charge in [0.1, 0.15) is 0 Å². The molecule has 0 unspecified atom stereocenters. The molecule has 0 saturated heterocycles. The van der Waals surface area contributed by atoms with Crippen LogP contribution in [-0.4, -0.2) is 25.4 Å². The van der Waals surface area contributed by atoms with E-state index in [9.17, 15) is 9.59 Å². The number of aryl methyl sites for hydroxylation is 1. The molecule has 18 heavy (non-hydrogen) atoms. The molecule has 0 atom stereocenters. The molecule has 1 rings (SSSR count). The number of anilines is 1. The molecule has 1 aromatic carbocycles. The molecule has 0 aliphatic heterocycles. The van der Waals surface area contributed by atoms with Crippen LogP contribution in [-0.2, 0) is 4.79 Å². The summed E-state index contributed by atoms with van der Waals surface area (Å²) in [6.45, 7) is 2.64. The summed E-state index contributed by atoms with van der Waals surface area (Å²) in [7, 11) is 1.85. The van der Waals surface area contributed by atoms with Crippen molar-refractivity contribution in [1.29, 1.82) is 0 Å². The Hall–Kier alpha value is -1.88. The molecule has 0 aliphatic carbocycles. The first-order valence-corrected chi connectivity index (χ1v) is 5.89. The lowest BCUT2D eigenvalue weighted by atomic mass is 10.1. The number of primary amides is 1. The number of amides is 2. The zero-order chi connectivity index (χ0) is 13.5. The van der Waals surface area contributed by atoms with Crippen LogP contribution in [0.2, 0.25) is 0 Å². The van der Waals surface area contributed by atoms with E-state index in [1.165, 1.54) is 0 Å². The number of rotatable bonds is 6. The number of hydrogen-bond acceptors (Lipinski definition) is 3. The number of nitrogens with two attached hydrogens (primary N) is 1. The van der Waals surface area contributed by atoms with Gasteiger partial charge in [-0.3, -0.25) is 9.59 Å². The highest BCUT2D eigenvalue weighted by atomic mass is 16.1. The minimum absolute atomic E-state index is 0.0276. The van der Waals surface area contributed by atoms with Crippen LogP contribution in [0.4, 0.5) is 5.69 Å². The van der Waals surface area contributed by atoms with E-state index in [1.807, 2.05) is 14.0 Å². The second-order valence-corrected chi connectivity index (χ2v) is 4.15. The SMILES string of the molecule is CNCCCC(=O)Nc1ccc(C(N)=O)cc1C. The molecule has 0 aromatic heterocycles. The van der Waals surface area contributed by atoms with Gasteiger partial charge in [0.2, 0.25) is 11.8 Å². The van der Waals surface area contributed by atoms with E-state index in [4.69, 9.17) is 5.73 Å². The quantitative estimate of drug-likeness (QED) is 0.658. The van der Waals surface area contributed by atoms with Gasteiger partial charge in [-0.15, -0.1) is 0 Å². The van der Waals surface area contributed by atoms with Crippen LogP contribution in [0, 0.1) is 6.92 Å². The number of carbonyl (C=O) groups is 2. The van der Waals surface area contributed by atoms with E-state index in [0.29, 0.717) is 12.0 Å². The smallest absolute Gasteiger partial charge is 0.248 e. The van der Waals surface area contributed by atoms with E-state index < -0.39 is 5.91 Å². The molecule has 0 saturated carbocycles. The van der Waals surface area contributed by atoms with Gasteiger partial charge in [-0.1, -0.05) is 0 Å². The topological polar surface area (TPSA) is 84.2 Å². The van der Waals surface area contributed by atoms with Crippen molar-refractivity contribution in [3.8, 4) is 0 Å². The van der Waals surface area contributed by atoms with E-state index in [0.717, 1.165) is 24.2 Å². The Labute approximate surface area is 107 Å². The van der Waals surface area contributed by atoms with Crippen LogP contribution in [0.3, 0.4) is 0 Å². The maximum Gasteiger partial charge on any atom is 0.248 e. The number of nitrogens with one attached hydrogen (secondary N) is 2. The first-order chi connectivity index (χ1) is 8.54. The highest BCUT2D eigenvalue weighted by Crippen LogP contribution is 2.16. The Morgan fingerprint density at radius 3 is 2.61 bits per heavy atom. The zero-order valence-corrected chi connectivity index (χ0v) is 10.7. The average molecular weight is 249 g/mol. The Morgan fingerprint density at radius 1 is 1.33 bits per heavy atom. The van der Waals surface area contributed by atoms with Crippen LogP contribution >= 0.6 is 0 Å². The first-order valence-electron chi connectivity index (χ1n) is 5.89. The van der Waals surface area contributed by atoms with Crippen molar-refractivity contribution < 1.29 is 9.59 Å². The maximum absolute atomic E-state index is 11.6. The highest BCUT2D eigenvalue weighted by Gasteiger charge is 2.07. The van der Waals surface area contributed by atoms with Crippen LogP contribution in [0.25, 0.3) is 0 Å². The third-order valence-electron chi connectivity index (χ3n) is 2.62. The van der Waals surface area contributed by atoms with Crippen molar-refractivity contribution in [2.75, 3.05) is 18.9 Å². The Kier molecular flexibility index (Phi) is 5.32. The Morgan fingerprint density at radius 2 is 2.06 bits per heavy atom. The van der Waals surface area contributed by atoms with Crippen LogP contribution < -0.4 is 16.4 Å². The summed E-state index contributed by atoms with van der Waals surface area (Å²) in [5, 5.41) is 5.80. The summed E-state index contributed by atoms with van der Waals surface area (Å²) in [5.41, 5.74) is 7.17. The molecule has 0 heterocycles. The lowest BCUT2D eigenvalue weighted by Crippen LogP contribution is -2.16. The summed E-state index contributed by atoms with van der Waals surface area (Å²) in [6.07, 6.45) is 1.26. The molecule has 5 nitrogen and oxygen atoms in total. The van der Waals surface area contributed by atoms with Gasteiger partial charge in [-0.25, -0.2) is 0 Å². The normalized spacial score (nSPS) is 10.1. The van der Waals surface area contributed by atoms with Gasteiger partial charge in [0.25, 0.3) is 0 Å². The maximum atomic E-state index is 11.6. The second kappa shape index (κ2) is 6.76. The summed E-state index contributed by atoms with van der Waals surface area (Å²) in [4.78, 5) is 22.6. The van der Waals surface area contributed by atoms with Crippen molar-refractivity contribution in [2.45, 2.75) is 19.8 Å². The molecule has 0 radical (unpaired) electrons. The molecule has 0 aliphatic rings. The van der Waals surface area contributed by atoms with Gasteiger partial charge in [0.05, 0.1) is 0 Å². The fourth-order valence-electron chi connectivity index (χ4n) is 1.60. The van der Waals surface area contributed by atoms with Crippen LogP contribution in [0.5, 0.6) is 0 Å². The molecular weight excluding hydrogens is 230 g/mol. The molecule has 98 valence electrons. The molecule has 4 N–H and O–H groups in total. The summed E-state index contributed by atoms with van der Waals surface area (Å²) in [6, 6.07) is 4.98. The Bertz CT molecular complexity index is 444. The molecule has 5 heteroatoms. The van der Waals surface area contributed by atoms with Crippen molar-refractivity contribution in [2.24, 2.45) is 5.73 Å². The van der Waals surface area contributed by atoms with Crippen molar-refractivity contribution in [1.82, 2.24) is 5.32 Å². The van der Waals surface area contributed by atoms with Crippen LogP contribution in [0.1, 0.15) is 28.8 Å². The molecule has 0 bridgehead atoms. The molecule has 1 aromatic rings. The summed E-state index contributed by atoms with van der Waals surface area (Å²) < 4.78 is 0. The highest BCUT2D eigenvalue weighted by molar-refractivity contribution is 5.95. The van der Waals surface area contributed by atoms with E-state index in [1.54, 1.807) is 18.2 Å². The number of hydrogen-bond donors (Lipinski definition) is 3. The predicted octanol–water partition coefficient (Wildman–Crippen LogP) is 1.03. The van der Waals surface area contributed by atoms with Crippen molar-refractivity contribution >= 4 is 17.5 Å². The van der Waals surface area contributed by atoms with Crippen LogP contribution in [0.15, 0.2) is 18.2 Å². The Balaban J connectivity index is 2.62. The predicted molar refractivity (Wildman–Crippen MR) is 71.5 cm³/mol. The fourth-order valence-corrected chi connectivity index (χ4v) is 1.60. The van der Waals surface area contributed by atoms with Crippen molar-refractivity contribution in [3.63, 3.8) is 0 Å². The average Bonchev–Trinajstić information content (AvgIpc) is 2.32. The molecule has 0 spiro atoms. The lowest BCUT2D eigenvalue weighted by molar-refractivity contribution is -0.116. The minimum Gasteiger partial charge on any atom is -0.366 e. The standard InChI is InChI=1S/C13H19N3O2/c1-9-8-10(13(14)18)5-6-11(9)16-12(17)4-3-7-15-2/h5-6,8,15H,3-4,7H2,1-2H3,(H2,14,18)(H,16,17). The van der Waals surface area contributed by atoms with Gasteiger partial charge in [0.15, 0.2) is 0 Å². The second-order valence-electron chi connectivity index (χ2n) is 4.15. The first kappa shape index (κ1) is 14.2. The van der Waals surface area contributed by atoms with E-state index >= 15 is 0 Å². The fraction of sp³-hybridized carbons (Fsp3) is 0.385. The summed E-state index contributed by atoms with van der Waals surface area (Å²) >= 11 is 0. The van der Waals surface area contributed by atoms with Crippen molar-refractivity contribution in [3.05, 3.63) is 29.3 Å². The van der Waals surface area contributed by atoms with E-state index in [2.05, 4.69) is 10.6 Å². The van der Waals surface area contributed by atoms with E-state index in [-0.39, 0.29) is 5.91 Å². The monoisotopic (exact) mass is 249 g/mol. The third kappa shape index (κ3) is 4.18. The number of carbonyl (C=O) groups excluding carboxylic acids is 2. The third-order valence-corrected chi connectivity index (χ3v) is 2.62. The van der Waals surface area contributed by atoms with Gasteiger partial charge < -0.3 is 16.4 Å². The van der Waals surface area contributed by atoms with Gasteiger partial charge >= 0.3 is 0 Å². The molecule has 0 fully saturated rings. The number of benzene rings is 1. The zero-order valence-electron chi connectivity index (χ0n) is 10.7.